The van der Waals surface area contributed by atoms with E-state index in [2.05, 4.69) is 44.4 Å². The van der Waals surface area contributed by atoms with Gasteiger partial charge < -0.3 is 15.7 Å². The maximum Gasteiger partial charge on any atom is 0.251 e. The number of aliphatic hydroxyl groups is 1. The van der Waals surface area contributed by atoms with Crippen LogP contribution in [0.4, 0.5) is 0 Å². The van der Waals surface area contributed by atoms with Gasteiger partial charge in [0, 0.05) is 17.6 Å². The maximum absolute atomic E-state index is 13.2. The third-order valence-corrected chi connectivity index (χ3v) is 7.18. The first-order chi connectivity index (χ1) is 16.7. The molecule has 1 amide bonds. The second-order valence-electron chi connectivity index (χ2n) is 11.6. The molecule has 0 aliphatic heterocycles. The molecule has 3 N–H and O–H groups in total. The molecule has 2 aromatic carbocycles. The molecule has 1 aliphatic rings. The second kappa shape index (κ2) is 13.2. The van der Waals surface area contributed by atoms with E-state index in [-0.39, 0.29) is 17.5 Å². The van der Waals surface area contributed by atoms with Gasteiger partial charge in [0.25, 0.3) is 5.91 Å². The van der Waals surface area contributed by atoms with Crippen LogP contribution in [0.5, 0.6) is 0 Å². The summed E-state index contributed by atoms with van der Waals surface area (Å²) in [6.07, 6.45) is 8.25. The average molecular weight is 479 g/mol. The van der Waals surface area contributed by atoms with Crippen LogP contribution < -0.4 is 10.6 Å². The Morgan fingerprint density at radius 2 is 1.77 bits per heavy atom. The predicted octanol–water partition coefficient (Wildman–Crippen LogP) is 5.93. The number of rotatable bonds is 15. The Kier molecular flexibility index (Phi) is 10.4. The normalized spacial score (nSPS) is 15.7. The number of hydrogen-bond donors (Lipinski definition) is 3. The van der Waals surface area contributed by atoms with Crippen LogP contribution in [0.3, 0.4) is 0 Å². The Balaban J connectivity index is 1.62. The summed E-state index contributed by atoms with van der Waals surface area (Å²) in [4.78, 5) is 13.2. The minimum absolute atomic E-state index is 0.0624. The number of amides is 1. The summed E-state index contributed by atoms with van der Waals surface area (Å²) in [7, 11) is 0. The van der Waals surface area contributed by atoms with E-state index in [4.69, 9.17) is 0 Å². The van der Waals surface area contributed by atoms with Crippen molar-refractivity contribution in [2.45, 2.75) is 96.7 Å². The van der Waals surface area contributed by atoms with E-state index in [0.717, 1.165) is 30.7 Å². The smallest absolute Gasteiger partial charge is 0.251 e. The van der Waals surface area contributed by atoms with Gasteiger partial charge in [-0.2, -0.15) is 0 Å². The van der Waals surface area contributed by atoms with Crippen LogP contribution in [0, 0.1) is 11.8 Å². The number of aliphatic hydroxyl groups excluding tert-OH is 1. The van der Waals surface area contributed by atoms with Gasteiger partial charge in [-0.25, -0.2) is 0 Å². The predicted molar refractivity (Wildman–Crippen MR) is 146 cm³/mol. The molecule has 192 valence electrons. The van der Waals surface area contributed by atoms with Crippen LogP contribution in [0.15, 0.2) is 54.6 Å². The third kappa shape index (κ3) is 10.1. The maximum atomic E-state index is 13.2. The molecule has 35 heavy (non-hydrogen) atoms. The zero-order valence-corrected chi connectivity index (χ0v) is 22.2. The first kappa shape index (κ1) is 27.4. The molecule has 3 rings (SSSR count). The Hall–Kier alpha value is -2.17. The molecule has 1 aliphatic carbocycles. The van der Waals surface area contributed by atoms with Crippen molar-refractivity contribution < 1.29 is 9.90 Å². The van der Waals surface area contributed by atoms with Crippen LogP contribution >= 0.6 is 0 Å². The Morgan fingerprint density at radius 3 is 2.46 bits per heavy atom. The van der Waals surface area contributed by atoms with Gasteiger partial charge in [-0.05, 0) is 74.6 Å². The fourth-order valence-electron chi connectivity index (χ4n) is 4.61. The number of carbonyl (C=O) groups is 1. The summed E-state index contributed by atoms with van der Waals surface area (Å²) in [5.41, 5.74) is 2.93. The number of nitrogens with one attached hydrogen (secondary N) is 2. The molecule has 0 heterocycles. The molecular formula is C31H46N2O2. The van der Waals surface area contributed by atoms with Crippen molar-refractivity contribution in [3.8, 4) is 0 Å². The van der Waals surface area contributed by atoms with E-state index in [1.807, 2.05) is 48.5 Å². The van der Waals surface area contributed by atoms with Gasteiger partial charge >= 0.3 is 0 Å². The highest BCUT2D eigenvalue weighted by Gasteiger charge is 2.26. The molecule has 0 aromatic heterocycles. The van der Waals surface area contributed by atoms with E-state index in [1.54, 1.807) is 0 Å². The first-order valence-electron chi connectivity index (χ1n) is 13.6. The lowest BCUT2D eigenvalue weighted by Crippen LogP contribution is -2.52. The second-order valence-corrected chi connectivity index (χ2v) is 11.6. The van der Waals surface area contributed by atoms with Crippen molar-refractivity contribution >= 4 is 5.91 Å². The molecule has 0 radical (unpaired) electrons. The van der Waals surface area contributed by atoms with Crippen LogP contribution in [0.2, 0.25) is 0 Å². The van der Waals surface area contributed by atoms with Crippen molar-refractivity contribution in [3.05, 3.63) is 71.3 Å². The van der Waals surface area contributed by atoms with Crippen LogP contribution in [0.25, 0.3) is 0 Å². The van der Waals surface area contributed by atoms with E-state index in [1.165, 1.54) is 31.2 Å². The summed E-state index contributed by atoms with van der Waals surface area (Å²) >= 11 is 0. The Labute approximate surface area is 212 Å². The quantitative estimate of drug-likeness (QED) is 0.297. The molecule has 4 heteroatoms. The summed E-state index contributed by atoms with van der Waals surface area (Å²) in [6.45, 7) is 9.33. The highest BCUT2D eigenvalue weighted by atomic mass is 16.3. The van der Waals surface area contributed by atoms with E-state index < -0.39 is 6.10 Å². The summed E-state index contributed by atoms with van der Waals surface area (Å²) < 4.78 is 0. The summed E-state index contributed by atoms with van der Waals surface area (Å²) in [5, 5.41) is 17.9. The molecule has 0 bridgehead atoms. The lowest BCUT2D eigenvalue weighted by atomic mass is 9.93. The number of carbonyl (C=O) groups excluding carboxylic acids is 1. The van der Waals surface area contributed by atoms with Gasteiger partial charge in [0.15, 0.2) is 0 Å². The van der Waals surface area contributed by atoms with E-state index in [0.29, 0.717) is 24.4 Å². The molecule has 0 saturated heterocycles. The first-order valence-corrected chi connectivity index (χ1v) is 13.6. The minimum Gasteiger partial charge on any atom is -0.390 e. The summed E-state index contributed by atoms with van der Waals surface area (Å²) in [5.74, 6) is 1.46. The van der Waals surface area contributed by atoms with Crippen LogP contribution in [0.1, 0.15) is 87.7 Å². The minimum atomic E-state index is -0.693. The third-order valence-electron chi connectivity index (χ3n) is 7.18. The van der Waals surface area contributed by atoms with Crippen LogP contribution in [-0.4, -0.2) is 35.2 Å². The Bertz CT molecular complexity index is 905. The fraction of sp³-hybridized carbons (Fsp3) is 0.581. The monoisotopic (exact) mass is 478 g/mol. The van der Waals surface area contributed by atoms with Gasteiger partial charge in [0.2, 0.25) is 0 Å². The highest BCUT2D eigenvalue weighted by Crippen LogP contribution is 2.33. The number of benzene rings is 2. The van der Waals surface area contributed by atoms with Crippen molar-refractivity contribution in [3.63, 3.8) is 0 Å². The van der Waals surface area contributed by atoms with Crippen LogP contribution in [-0.2, 0) is 12.8 Å². The van der Waals surface area contributed by atoms with Gasteiger partial charge in [-0.15, -0.1) is 0 Å². The lowest BCUT2D eigenvalue weighted by molar-refractivity contribution is 0.0812. The molecule has 0 spiro atoms. The van der Waals surface area contributed by atoms with E-state index in [9.17, 15) is 9.90 Å². The molecule has 1 fully saturated rings. The van der Waals surface area contributed by atoms with Gasteiger partial charge in [-0.3, -0.25) is 4.79 Å². The van der Waals surface area contributed by atoms with Gasteiger partial charge in [-0.1, -0.05) is 82.0 Å². The fourth-order valence-corrected chi connectivity index (χ4v) is 4.61. The van der Waals surface area contributed by atoms with Crippen molar-refractivity contribution in [2.24, 2.45) is 11.8 Å². The van der Waals surface area contributed by atoms with E-state index >= 15 is 0 Å². The van der Waals surface area contributed by atoms with Crippen molar-refractivity contribution in [1.29, 1.82) is 0 Å². The SMILES string of the molecule is CC(C)CCCC(C)(C)NC[C@@H](O)[C@H](Cc1ccccc1)NC(=O)c1cccc(CCC2CC2)c1. The average Bonchev–Trinajstić information content (AvgIpc) is 3.66. The number of β-amino-alcohol motifs (C(OH)–C–C–N with tert-alkyl or cyclic N) is 1. The molecule has 4 nitrogen and oxygen atoms in total. The largest absolute Gasteiger partial charge is 0.390 e. The lowest BCUT2D eigenvalue weighted by Gasteiger charge is -2.31. The molecule has 0 unspecified atom stereocenters. The topological polar surface area (TPSA) is 61.4 Å². The zero-order chi connectivity index (χ0) is 25.3. The van der Waals surface area contributed by atoms with Crippen molar-refractivity contribution in [1.82, 2.24) is 10.6 Å². The molecule has 2 atom stereocenters. The number of hydrogen-bond acceptors (Lipinski definition) is 3. The van der Waals surface area contributed by atoms with Gasteiger partial charge in [0.1, 0.15) is 0 Å². The van der Waals surface area contributed by atoms with Crippen molar-refractivity contribution in [2.75, 3.05) is 6.54 Å². The highest BCUT2D eigenvalue weighted by molar-refractivity contribution is 5.94. The Morgan fingerprint density at radius 1 is 1.06 bits per heavy atom. The van der Waals surface area contributed by atoms with Gasteiger partial charge in [0.05, 0.1) is 12.1 Å². The zero-order valence-electron chi connectivity index (χ0n) is 22.2. The molecular weight excluding hydrogens is 432 g/mol. The molecule has 1 saturated carbocycles. The standard InChI is InChI=1S/C31H46N2O2/c1-23(2)10-9-19-31(3,4)32-22-29(34)28(21-25-11-6-5-7-12-25)33-30(35)27-14-8-13-26(20-27)18-17-24-15-16-24/h5-8,11-14,20,23-24,28-29,32,34H,9-10,15-19,21-22H2,1-4H3,(H,33,35)/t28-,29+/m0/s1. The summed E-state index contributed by atoms with van der Waals surface area (Å²) in [6, 6.07) is 17.7. The number of aryl methyl sites for hydroxylation is 1. The molecule has 2 aromatic rings.